The van der Waals surface area contributed by atoms with Gasteiger partial charge in [0, 0.05) is 7.11 Å². The molecule has 1 saturated carbocycles. The van der Waals surface area contributed by atoms with Crippen molar-refractivity contribution >= 4 is 5.70 Å². The number of nitrogens with zero attached hydrogens (tertiary/aromatic N) is 1. The van der Waals surface area contributed by atoms with E-state index in [4.69, 9.17) is 4.74 Å². The molecule has 0 aromatic heterocycles. The number of aliphatic hydroxyl groups is 2. The van der Waals surface area contributed by atoms with Crippen LogP contribution in [0.3, 0.4) is 0 Å². The van der Waals surface area contributed by atoms with Crippen molar-refractivity contribution in [3.8, 4) is 0 Å². The zero-order chi connectivity index (χ0) is 25.6. The molecule has 0 spiro atoms. The molecular weight excluding hydrogens is 445 g/mol. The Morgan fingerprint density at radius 2 is 1.74 bits per heavy atom. The molecule has 1 atom stereocenters. The summed E-state index contributed by atoms with van der Waals surface area (Å²) in [4.78, 5) is 0. The summed E-state index contributed by atoms with van der Waals surface area (Å²) in [6.07, 6.45) is 1.37. The van der Waals surface area contributed by atoms with Gasteiger partial charge in [-0.05, 0) is 57.2 Å². The molecule has 1 aromatic carbocycles. The molecule has 0 bridgehead atoms. The van der Waals surface area contributed by atoms with E-state index in [1.165, 1.54) is 0 Å². The fraction of sp³-hybridized carbons (Fsp3) is 0.538. The standard InChI is InChI=1S/C24H31F3N2O3.C2H6/c1-4-19(6-5-15-32-3)29-20(18-9-7-17(2)8-10-18)16-21(28-29)22(30)11-13-23(31,14-12-22)24(25,26)27;1-2/h4-10,16,21,28,30-31H,11-15H2,1-3H3;1-2H3/b6-5-,19-4+;. The van der Waals surface area contributed by atoms with Crippen LogP contribution in [0.4, 0.5) is 13.2 Å². The quantitative estimate of drug-likeness (QED) is 0.483. The molecule has 1 fully saturated rings. The summed E-state index contributed by atoms with van der Waals surface area (Å²) >= 11 is 0. The van der Waals surface area contributed by atoms with Gasteiger partial charge in [0.1, 0.15) is 0 Å². The van der Waals surface area contributed by atoms with Gasteiger partial charge in [-0.2, -0.15) is 13.2 Å². The summed E-state index contributed by atoms with van der Waals surface area (Å²) in [5, 5.41) is 23.2. The molecule has 3 N–H and O–H groups in total. The maximum absolute atomic E-state index is 13.2. The highest BCUT2D eigenvalue weighted by molar-refractivity contribution is 5.69. The van der Waals surface area contributed by atoms with Gasteiger partial charge in [-0.25, -0.2) is 5.43 Å². The van der Waals surface area contributed by atoms with Crippen LogP contribution in [-0.2, 0) is 4.74 Å². The molecule has 190 valence electrons. The van der Waals surface area contributed by atoms with Gasteiger partial charge in [-0.1, -0.05) is 55.8 Å². The van der Waals surface area contributed by atoms with Gasteiger partial charge in [-0.15, -0.1) is 0 Å². The number of aryl methyl sites for hydroxylation is 1. The normalized spacial score (nSPS) is 28.1. The molecule has 1 aliphatic carbocycles. The minimum absolute atomic E-state index is 0.170. The third-order valence-corrected chi connectivity index (χ3v) is 6.34. The minimum atomic E-state index is -4.71. The summed E-state index contributed by atoms with van der Waals surface area (Å²) < 4.78 is 44.8. The summed E-state index contributed by atoms with van der Waals surface area (Å²) in [5.74, 6) is 0. The van der Waals surface area contributed by atoms with Crippen LogP contribution < -0.4 is 5.43 Å². The number of nitrogens with one attached hydrogen (secondary N) is 1. The van der Waals surface area contributed by atoms with Crippen molar-refractivity contribution in [1.82, 2.24) is 10.4 Å². The van der Waals surface area contributed by atoms with Crippen LogP contribution >= 0.6 is 0 Å². The summed E-state index contributed by atoms with van der Waals surface area (Å²) in [5.41, 5.74) is 2.73. The van der Waals surface area contributed by atoms with Crippen molar-refractivity contribution in [2.45, 2.75) is 76.8 Å². The first-order valence-corrected chi connectivity index (χ1v) is 11.7. The van der Waals surface area contributed by atoms with Crippen molar-refractivity contribution in [1.29, 1.82) is 0 Å². The Hall–Kier alpha value is -2.13. The molecule has 34 heavy (non-hydrogen) atoms. The van der Waals surface area contributed by atoms with Crippen molar-refractivity contribution in [2.75, 3.05) is 13.7 Å². The maximum atomic E-state index is 13.2. The first-order chi connectivity index (χ1) is 16.0. The second-order valence-corrected chi connectivity index (χ2v) is 8.56. The second-order valence-electron chi connectivity index (χ2n) is 8.56. The fourth-order valence-electron chi connectivity index (χ4n) is 4.17. The monoisotopic (exact) mass is 482 g/mol. The van der Waals surface area contributed by atoms with Crippen LogP contribution in [0, 0.1) is 6.92 Å². The van der Waals surface area contributed by atoms with E-state index < -0.39 is 36.3 Å². The highest BCUT2D eigenvalue weighted by Crippen LogP contribution is 2.46. The number of hydrazine groups is 1. The van der Waals surface area contributed by atoms with E-state index in [9.17, 15) is 23.4 Å². The Morgan fingerprint density at radius 3 is 2.24 bits per heavy atom. The molecule has 2 aliphatic rings. The van der Waals surface area contributed by atoms with E-state index in [2.05, 4.69) is 5.43 Å². The number of rotatable bonds is 6. The Kier molecular flexibility index (Phi) is 9.53. The Balaban J connectivity index is 0.00000199. The van der Waals surface area contributed by atoms with Crippen LogP contribution in [0.15, 0.2) is 54.3 Å². The van der Waals surface area contributed by atoms with Crippen LogP contribution in [0.2, 0.25) is 0 Å². The predicted molar refractivity (Wildman–Crippen MR) is 128 cm³/mol. The van der Waals surface area contributed by atoms with Crippen LogP contribution in [0.25, 0.3) is 5.70 Å². The SMILES string of the molecule is C/C=C(\C=C/COC)N1NC(C2(O)CCC(O)(C(F)(F)F)CC2)C=C1c1ccc(C)cc1.CC. The highest BCUT2D eigenvalue weighted by atomic mass is 19.4. The zero-order valence-electron chi connectivity index (χ0n) is 20.6. The van der Waals surface area contributed by atoms with E-state index in [0.29, 0.717) is 6.61 Å². The molecule has 1 unspecified atom stereocenters. The number of benzene rings is 1. The van der Waals surface area contributed by atoms with Gasteiger partial charge >= 0.3 is 6.18 Å². The summed E-state index contributed by atoms with van der Waals surface area (Å²) in [6.45, 7) is 8.30. The number of ether oxygens (including phenoxy) is 1. The van der Waals surface area contributed by atoms with Crippen LogP contribution in [0.5, 0.6) is 0 Å². The molecule has 1 heterocycles. The summed E-state index contributed by atoms with van der Waals surface area (Å²) in [7, 11) is 1.60. The van der Waals surface area contributed by atoms with Crippen molar-refractivity contribution in [3.05, 3.63) is 65.4 Å². The van der Waals surface area contributed by atoms with Crippen LogP contribution in [-0.4, -0.2) is 52.4 Å². The molecule has 0 saturated heterocycles. The van der Waals surface area contributed by atoms with Gasteiger partial charge < -0.3 is 14.9 Å². The van der Waals surface area contributed by atoms with Gasteiger partial charge in [-0.3, -0.25) is 5.01 Å². The fourth-order valence-corrected chi connectivity index (χ4v) is 4.17. The number of allylic oxidation sites excluding steroid dienone is 2. The Morgan fingerprint density at radius 1 is 1.15 bits per heavy atom. The molecule has 3 rings (SSSR count). The Labute approximate surface area is 200 Å². The lowest BCUT2D eigenvalue weighted by molar-refractivity contribution is -0.279. The van der Waals surface area contributed by atoms with E-state index in [-0.39, 0.29) is 12.8 Å². The number of hydrogen-bond donors (Lipinski definition) is 3. The largest absolute Gasteiger partial charge is 0.417 e. The van der Waals surface area contributed by atoms with E-state index >= 15 is 0 Å². The average molecular weight is 483 g/mol. The topological polar surface area (TPSA) is 65.0 Å². The molecule has 1 aromatic rings. The molecular formula is C26H37F3N2O3. The van der Waals surface area contributed by atoms with Gasteiger partial charge in [0.2, 0.25) is 0 Å². The first kappa shape index (κ1) is 28.1. The zero-order valence-corrected chi connectivity index (χ0v) is 20.6. The molecule has 5 nitrogen and oxygen atoms in total. The number of alkyl halides is 3. The average Bonchev–Trinajstić information content (AvgIpc) is 3.26. The second kappa shape index (κ2) is 11.5. The lowest BCUT2D eigenvalue weighted by Gasteiger charge is -2.44. The smallest absolute Gasteiger partial charge is 0.388 e. The maximum Gasteiger partial charge on any atom is 0.417 e. The van der Waals surface area contributed by atoms with E-state index in [0.717, 1.165) is 22.5 Å². The lowest BCUT2D eigenvalue weighted by Crippen LogP contribution is -2.58. The van der Waals surface area contributed by atoms with Crippen LogP contribution in [0.1, 0.15) is 57.6 Å². The van der Waals surface area contributed by atoms with E-state index in [1.54, 1.807) is 7.11 Å². The van der Waals surface area contributed by atoms with Gasteiger partial charge in [0.25, 0.3) is 0 Å². The van der Waals surface area contributed by atoms with Gasteiger partial charge in [0.05, 0.1) is 29.6 Å². The minimum Gasteiger partial charge on any atom is -0.388 e. The molecule has 8 heteroatoms. The van der Waals surface area contributed by atoms with Crippen molar-refractivity contribution in [2.24, 2.45) is 0 Å². The first-order valence-electron chi connectivity index (χ1n) is 11.7. The number of hydrogen-bond acceptors (Lipinski definition) is 5. The highest BCUT2D eigenvalue weighted by Gasteiger charge is 2.58. The van der Waals surface area contributed by atoms with E-state index in [1.807, 2.05) is 81.3 Å². The van der Waals surface area contributed by atoms with Crippen molar-refractivity contribution < 1.29 is 28.1 Å². The third-order valence-electron chi connectivity index (χ3n) is 6.34. The summed E-state index contributed by atoms with van der Waals surface area (Å²) in [6, 6.07) is 7.30. The number of methoxy groups -OCH3 is 1. The lowest BCUT2D eigenvalue weighted by atomic mass is 9.72. The molecule has 0 radical (unpaired) electrons. The van der Waals surface area contributed by atoms with Crippen molar-refractivity contribution in [3.63, 3.8) is 0 Å². The third kappa shape index (κ3) is 6.10. The Bertz CT molecular complexity index is 884. The van der Waals surface area contributed by atoms with Gasteiger partial charge in [0.15, 0.2) is 5.60 Å². The number of halogens is 3. The predicted octanol–water partition coefficient (Wildman–Crippen LogP) is 5.26. The molecule has 0 amide bonds. The molecule has 1 aliphatic heterocycles.